The van der Waals surface area contributed by atoms with Crippen LogP contribution in [0.1, 0.15) is 25.2 Å². The van der Waals surface area contributed by atoms with Crippen molar-refractivity contribution < 1.29 is 0 Å². The maximum Gasteiger partial charge on any atom is 0.138 e. The molecule has 0 aliphatic carbocycles. The highest BCUT2D eigenvalue weighted by molar-refractivity contribution is 6.30. The summed E-state index contributed by atoms with van der Waals surface area (Å²) in [6, 6.07) is 8.33. The monoisotopic (exact) mass is 304 g/mol. The lowest BCUT2D eigenvalue weighted by Crippen LogP contribution is -2.21. The van der Waals surface area contributed by atoms with Gasteiger partial charge in [-0.3, -0.25) is 0 Å². The molecule has 1 N–H and O–H groups in total. The Labute approximate surface area is 131 Å². The van der Waals surface area contributed by atoms with E-state index in [0.717, 1.165) is 30.2 Å². The van der Waals surface area contributed by atoms with E-state index in [9.17, 15) is 0 Å². The normalized spacial score (nSPS) is 10.5. The van der Waals surface area contributed by atoms with Crippen LogP contribution in [-0.4, -0.2) is 23.1 Å². The lowest BCUT2D eigenvalue weighted by atomic mass is 10.2. The largest absolute Gasteiger partial charge is 0.372 e. The highest BCUT2D eigenvalue weighted by Gasteiger charge is 2.08. The minimum absolute atomic E-state index is 0.491. The number of hydrogen-bond donors (Lipinski definition) is 1. The molecular weight excluding hydrogens is 284 g/mol. The molecule has 1 heterocycles. The number of nitrogens with one attached hydrogen (secondary N) is 1. The fourth-order valence-electron chi connectivity index (χ4n) is 2.20. The average Bonchev–Trinajstić information content (AvgIpc) is 2.47. The number of aryl methyl sites for hydroxylation is 1. The van der Waals surface area contributed by atoms with Gasteiger partial charge in [-0.2, -0.15) is 0 Å². The van der Waals surface area contributed by atoms with Gasteiger partial charge < -0.3 is 10.2 Å². The SMILES string of the molecule is CCN(CC)c1ccc(Nc2nc(C)nc(Cl)c2C)cc1. The third-order valence-corrected chi connectivity index (χ3v) is 3.82. The highest BCUT2D eigenvalue weighted by atomic mass is 35.5. The third kappa shape index (κ3) is 3.64. The number of halogens is 1. The molecule has 0 amide bonds. The third-order valence-electron chi connectivity index (χ3n) is 3.46. The summed E-state index contributed by atoms with van der Waals surface area (Å²) in [5, 5.41) is 3.79. The van der Waals surface area contributed by atoms with E-state index in [4.69, 9.17) is 11.6 Å². The van der Waals surface area contributed by atoms with Crippen molar-refractivity contribution in [2.24, 2.45) is 0 Å². The molecule has 0 unspecified atom stereocenters. The Morgan fingerprint density at radius 3 is 2.24 bits per heavy atom. The van der Waals surface area contributed by atoms with E-state index < -0.39 is 0 Å². The second kappa shape index (κ2) is 6.76. The summed E-state index contributed by atoms with van der Waals surface area (Å²) in [5.74, 6) is 1.41. The van der Waals surface area contributed by atoms with Crippen LogP contribution in [0.3, 0.4) is 0 Å². The topological polar surface area (TPSA) is 41.0 Å². The number of anilines is 3. The van der Waals surface area contributed by atoms with Crippen molar-refractivity contribution in [2.45, 2.75) is 27.7 Å². The van der Waals surface area contributed by atoms with Gasteiger partial charge in [-0.25, -0.2) is 9.97 Å². The summed E-state index contributed by atoms with van der Waals surface area (Å²) in [6.07, 6.45) is 0. The van der Waals surface area contributed by atoms with Gasteiger partial charge in [0.2, 0.25) is 0 Å². The Bertz CT molecular complexity index is 606. The van der Waals surface area contributed by atoms with Crippen molar-refractivity contribution in [1.29, 1.82) is 0 Å². The Balaban J connectivity index is 2.21. The van der Waals surface area contributed by atoms with E-state index in [1.807, 2.05) is 13.8 Å². The Morgan fingerprint density at radius 1 is 1.05 bits per heavy atom. The van der Waals surface area contributed by atoms with Crippen molar-refractivity contribution in [3.05, 3.63) is 40.8 Å². The van der Waals surface area contributed by atoms with E-state index in [0.29, 0.717) is 11.0 Å². The smallest absolute Gasteiger partial charge is 0.138 e. The molecule has 2 aromatic rings. The Kier molecular flexibility index (Phi) is 5.02. The molecule has 1 aromatic heterocycles. The second-order valence-corrected chi connectivity index (χ2v) is 5.24. The summed E-state index contributed by atoms with van der Waals surface area (Å²) < 4.78 is 0. The Hall–Kier alpha value is -1.81. The number of nitrogens with zero attached hydrogens (tertiary/aromatic N) is 3. The van der Waals surface area contributed by atoms with Crippen LogP contribution >= 0.6 is 11.6 Å². The van der Waals surface area contributed by atoms with Gasteiger partial charge in [-0.05, 0) is 52.0 Å². The summed E-state index contributed by atoms with van der Waals surface area (Å²) in [7, 11) is 0. The van der Waals surface area contributed by atoms with E-state index >= 15 is 0 Å². The molecule has 0 aliphatic heterocycles. The lowest BCUT2D eigenvalue weighted by molar-refractivity contribution is 0.866. The number of aromatic nitrogens is 2. The number of hydrogen-bond acceptors (Lipinski definition) is 4. The van der Waals surface area contributed by atoms with Crippen LogP contribution in [0, 0.1) is 13.8 Å². The van der Waals surface area contributed by atoms with Crippen molar-refractivity contribution >= 4 is 28.8 Å². The quantitative estimate of drug-likeness (QED) is 0.834. The molecule has 0 bridgehead atoms. The zero-order valence-electron chi connectivity index (χ0n) is 12.9. The number of benzene rings is 1. The first-order chi connectivity index (χ1) is 10.0. The van der Waals surface area contributed by atoms with Crippen molar-refractivity contribution in [3.8, 4) is 0 Å². The minimum atomic E-state index is 0.491. The van der Waals surface area contributed by atoms with E-state index in [1.54, 1.807) is 0 Å². The molecular formula is C16H21ClN4. The fourth-order valence-corrected chi connectivity index (χ4v) is 2.41. The van der Waals surface area contributed by atoms with Crippen molar-refractivity contribution in [3.63, 3.8) is 0 Å². The second-order valence-electron chi connectivity index (χ2n) is 4.88. The summed E-state index contributed by atoms with van der Waals surface area (Å²) in [5.41, 5.74) is 3.07. The molecule has 0 aliphatic rings. The molecule has 2 rings (SSSR count). The molecule has 21 heavy (non-hydrogen) atoms. The van der Waals surface area contributed by atoms with Crippen molar-refractivity contribution in [1.82, 2.24) is 9.97 Å². The van der Waals surface area contributed by atoms with E-state index in [-0.39, 0.29) is 0 Å². The van der Waals surface area contributed by atoms with Crippen LogP contribution < -0.4 is 10.2 Å². The van der Waals surface area contributed by atoms with Crippen LogP contribution in [0.2, 0.25) is 5.15 Å². The summed E-state index contributed by atoms with van der Waals surface area (Å²) in [6.45, 7) is 10.1. The standard InChI is InChI=1S/C16H21ClN4/c1-5-21(6-2)14-9-7-13(8-10-14)20-16-11(3)15(17)18-12(4)19-16/h7-10H,5-6H2,1-4H3,(H,18,19,20). The lowest BCUT2D eigenvalue weighted by Gasteiger charge is -2.21. The van der Waals surface area contributed by atoms with Crippen LogP contribution in [0.4, 0.5) is 17.2 Å². The zero-order valence-corrected chi connectivity index (χ0v) is 13.7. The van der Waals surface area contributed by atoms with Crippen LogP contribution in [0.25, 0.3) is 0 Å². The molecule has 0 radical (unpaired) electrons. The predicted molar refractivity (Wildman–Crippen MR) is 89.8 cm³/mol. The van der Waals surface area contributed by atoms with Gasteiger partial charge in [0.25, 0.3) is 0 Å². The molecule has 5 heteroatoms. The van der Waals surface area contributed by atoms with E-state index in [2.05, 4.69) is 58.3 Å². The van der Waals surface area contributed by atoms with Gasteiger partial charge in [0.1, 0.15) is 16.8 Å². The number of rotatable bonds is 5. The zero-order chi connectivity index (χ0) is 15.4. The average molecular weight is 305 g/mol. The minimum Gasteiger partial charge on any atom is -0.372 e. The van der Waals surface area contributed by atoms with E-state index in [1.165, 1.54) is 5.69 Å². The van der Waals surface area contributed by atoms with Gasteiger partial charge in [0.15, 0.2) is 0 Å². The van der Waals surface area contributed by atoms with Crippen LogP contribution in [0.5, 0.6) is 0 Å². The van der Waals surface area contributed by atoms with Crippen LogP contribution in [-0.2, 0) is 0 Å². The fraction of sp³-hybridized carbons (Fsp3) is 0.375. The highest BCUT2D eigenvalue weighted by Crippen LogP contribution is 2.25. The van der Waals surface area contributed by atoms with Gasteiger partial charge in [-0.15, -0.1) is 0 Å². The molecule has 112 valence electrons. The van der Waals surface area contributed by atoms with Gasteiger partial charge in [-0.1, -0.05) is 11.6 Å². The first-order valence-electron chi connectivity index (χ1n) is 7.18. The molecule has 0 fully saturated rings. The molecule has 0 saturated heterocycles. The van der Waals surface area contributed by atoms with Gasteiger partial charge >= 0.3 is 0 Å². The predicted octanol–water partition coefficient (Wildman–Crippen LogP) is 4.34. The first kappa shape index (κ1) is 15.6. The van der Waals surface area contributed by atoms with Crippen molar-refractivity contribution in [2.75, 3.05) is 23.3 Å². The maximum absolute atomic E-state index is 6.09. The molecule has 0 saturated carbocycles. The first-order valence-corrected chi connectivity index (χ1v) is 7.55. The van der Waals surface area contributed by atoms with Crippen LogP contribution in [0.15, 0.2) is 24.3 Å². The molecule has 0 atom stereocenters. The maximum atomic E-state index is 6.09. The molecule has 4 nitrogen and oxygen atoms in total. The van der Waals surface area contributed by atoms with Gasteiger partial charge in [0.05, 0.1) is 0 Å². The molecule has 1 aromatic carbocycles. The van der Waals surface area contributed by atoms with Gasteiger partial charge in [0, 0.05) is 30.0 Å². The molecule has 0 spiro atoms. The Morgan fingerprint density at radius 2 is 1.67 bits per heavy atom. The summed E-state index contributed by atoms with van der Waals surface area (Å²) in [4.78, 5) is 10.9. The summed E-state index contributed by atoms with van der Waals surface area (Å²) >= 11 is 6.09.